The highest BCUT2D eigenvalue weighted by atomic mass is 15.1. The van der Waals surface area contributed by atoms with Gasteiger partial charge in [0.15, 0.2) is 0 Å². The predicted molar refractivity (Wildman–Crippen MR) is 73.2 cm³/mol. The van der Waals surface area contributed by atoms with Gasteiger partial charge in [-0.15, -0.1) is 0 Å². The lowest BCUT2D eigenvalue weighted by molar-refractivity contribution is 0.491. The number of nitrogens with zero attached hydrogens (tertiary/aromatic N) is 2. The van der Waals surface area contributed by atoms with Crippen molar-refractivity contribution in [2.75, 3.05) is 6.54 Å². The molecule has 3 heteroatoms. The largest absolute Gasteiger partial charge is 0.335 e. The molecule has 0 saturated heterocycles. The fourth-order valence-corrected chi connectivity index (χ4v) is 2.07. The van der Waals surface area contributed by atoms with Crippen LogP contribution < -0.4 is 5.32 Å². The van der Waals surface area contributed by atoms with Gasteiger partial charge in [-0.25, -0.2) is 4.98 Å². The first-order valence-corrected chi connectivity index (χ1v) is 7.01. The standard InChI is InChI=1S/C14H27N3/c1-4-9-15-13(3)7-6-8-14-16-10-12-17(14)11-5-2/h10,12-13,15H,4-9,11H2,1-3H3. The Kier molecular flexibility index (Phi) is 6.94. The quantitative estimate of drug-likeness (QED) is 0.715. The average molecular weight is 237 g/mol. The van der Waals surface area contributed by atoms with E-state index in [9.17, 15) is 0 Å². The zero-order valence-corrected chi connectivity index (χ0v) is 11.6. The number of hydrogen-bond donors (Lipinski definition) is 1. The van der Waals surface area contributed by atoms with E-state index in [4.69, 9.17) is 0 Å². The minimum atomic E-state index is 0.629. The molecule has 0 bridgehead atoms. The molecule has 17 heavy (non-hydrogen) atoms. The van der Waals surface area contributed by atoms with Crippen molar-refractivity contribution in [3.8, 4) is 0 Å². The minimum absolute atomic E-state index is 0.629. The molecule has 3 nitrogen and oxygen atoms in total. The molecule has 0 aliphatic rings. The Balaban J connectivity index is 2.23. The van der Waals surface area contributed by atoms with E-state index in [2.05, 4.69) is 41.8 Å². The highest BCUT2D eigenvalue weighted by Crippen LogP contribution is 2.06. The third-order valence-electron chi connectivity index (χ3n) is 3.05. The average Bonchev–Trinajstić information content (AvgIpc) is 2.75. The van der Waals surface area contributed by atoms with Gasteiger partial charge in [0.25, 0.3) is 0 Å². The zero-order valence-electron chi connectivity index (χ0n) is 11.6. The monoisotopic (exact) mass is 237 g/mol. The molecule has 0 aromatic carbocycles. The summed E-state index contributed by atoms with van der Waals surface area (Å²) < 4.78 is 2.28. The van der Waals surface area contributed by atoms with Gasteiger partial charge in [0, 0.05) is 31.4 Å². The summed E-state index contributed by atoms with van der Waals surface area (Å²) in [4.78, 5) is 4.44. The van der Waals surface area contributed by atoms with Crippen LogP contribution in [0.15, 0.2) is 12.4 Å². The highest BCUT2D eigenvalue weighted by Gasteiger charge is 2.04. The van der Waals surface area contributed by atoms with E-state index in [-0.39, 0.29) is 0 Å². The van der Waals surface area contributed by atoms with E-state index in [1.165, 1.54) is 31.5 Å². The van der Waals surface area contributed by atoms with Crippen molar-refractivity contribution in [2.45, 2.75) is 65.5 Å². The van der Waals surface area contributed by atoms with Gasteiger partial charge in [0.2, 0.25) is 0 Å². The summed E-state index contributed by atoms with van der Waals surface area (Å²) in [5.74, 6) is 1.24. The van der Waals surface area contributed by atoms with Gasteiger partial charge in [0.1, 0.15) is 5.82 Å². The van der Waals surface area contributed by atoms with Crippen LogP contribution >= 0.6 is 0 Å². The summed E-state index contributed by atoms with van der Waals surface area (Å²) in [7, 11) is 0. The molecule has 0 amide bonds. The van der Waals surface area contributed by atoms with E-state index < -0.39 is 0 Å². The molecule has 1 aromatic heterocycles. The summed E-state index contributed by atoms with van der Waals surface area (Å²) in [6.45, 7) is 8.92. The van der Waals surface area contributed by atoms with Gasteiger partial charge >= 0.3 is 0 Å². The number of nitrogens with one attached hydrogen (secondary N) is 1. The highest BCUT2D eigenvalue weighted by molar-refractivity contribution is 4.92. The van der Waals surface area contributed by atoms with Crippen molar-refractivity contribution in [3.63, 3.8) is 0 Å². The Hall–Kier alpha value is -0.830. The summed E-state index contributed by atoms with van der Waals surface area (Å²) in [5, 5.41) is 3.52. The van der Waals surface area contributed by atoms with Crippen LogP contribution in [0.25, 0.3) is 0 Å². The second kappa shape index (κ2) is 8.29. The molecule has 1 rings (SSSR count). The van der Waals surface area contributed by atoms with Gasteiger partial charge in [-0.3, -0.25) is 0 Å². The lowest BCUT2D eigenvalue weighted by Crippen LogP contribution is -2.26. The topological polar surface area (TPSA) is 29.9 Å². The van der Waals surface area contributed by atoms with Crippen LogP contribution in [0.3, 0.4) is 0 Å². The third-order valence-corrected chi connectivity index (χ3v) is 3.05. The van der Waals surface area contributed by atoms with Gasteiger partial charge < -0.3 is 9.88 Å². The maximum atomic E-state index is 4.44. The van der Waals surface area contributed by atoms with Crippen molar-refractivity contribution < 1.29 is 0 Å². The maximum absolute atomic E-state index is 4.44. The third kappa shape index (κ3) is 5.35. The lowest BCUT2D eigenvalue weighted by atomic mass is 10.1. The first-order valence-electron chi connectivity index (χ1n) is 7.01. The van der Waals surface area contributed by atoms with Gasteiger partial charge in [-0.2, -0.15) is 0 Å². The van der Waals surface area contributed by atoms with Crippen LogP contribution in [-0.2, 0) is 13.0 Å². The van der Waals surface area contributed by atoms with E-state index in [0.717, 1.165) is 19.5 Å². The summed E-state index contributed by atoms with van der Waals surface area (Å²) in [6, 6.07) is 0.629. The molecular weight excluding hydrogens is 210 g/mol. The molecule has 1 N–H and O–H groups in total. The second-order valence-corrected chi connectivity index (χ2v) is 4.78. The van der Waals surface area contributed by atoms with E-state index in [1.807, 2.05) is 6.20 Å². The molecule has 0 fully saturated rings. The Morgan fingerprint density at radius 2 is 2.18 bits per heavy atom. The Morgan fingerprint density at radius 3 is 2.88 bits per heavy atom. The first kappa shape index (κ1) is 14.2. The van der Waals surface area contributed by atoms with Crippen LogP contribution in [0.5, 0.6) is 0 Å². The maximum Gasteiger partial charge on any atom is 0.108 e. The van der Waals surface area contributed by atoms with E-state index >= 15 is 0 Å². The number of imidazole rings is 1. The molecule has 0 aliphatic carbocycles. The lowest BCUT2D eigenvalue weighted by Gasteiger charge is -2.13. The Labute approximate surface area is 106 Å². The summed E-state index contributed by atoms with van der Waals surface area (Å²) >= 11 is 0. The van der Waals surface area contributed by atoms with Gasteiger partial charge in [-0.1, -0.05) is 13.8 Å². The van der Waals surface area contributed by atoms with E-state index in [0.29, 0.717) is 6.04 Å². The summed E-state index contributed by atoms with van der Waals surface area (Å²) in [5.41, 5.74) is 0. The van der Waals surface area contributed by atoms with Crippen molar-refractivity contribution in [2.24, 2.45) is 0 Å². The fourth-order valence-electron chi connectivity index (χ4n) is 2.07. The van der Waals surface area contributed by atoms with Crippen LogP contribution in [0.2, 0.25) is 0 Å². The van der Waals surface area contributed by atoms with E-state index in [1.54, 1.807) is 0 Å². The van der Waals surface area contributed by atoms with Crippen molar-refractivity contribution in [1.29, 1.82) is 0 Å². The van der Waals surface area contributed by atoms with Crippen molar-refractivity contribution >= 4 is 0 Å². The van der Waals surface area contributed by atoms with Crippen LogP contribution in [-0.4, -0.2) is 22.1 Å². The number of aromatic nitrogens is 2. The predicted octanol–water partition coefficient (Wildman–Crippen LogP) is 3.00. The second-order valence-electron chi connectivity index (χ2n) is 4.78. The molecule has 98 valence electrons. The minimum Gasteiger partial charge on any atom is -0.335 e. The van der Waals surface area contributed by atoms with Crippen molar-refractivity contribution in [3.05, 3.63) is 18.2 Å². The molecule has 0 spiro atoms. The molecular formula is C14H27N3. The smallest absolute Gasteiger partial charge is 0.108 e. The Morgan fingerprint density at radius 1 is 1.35 bits per heavy atom. The van der Waals surface area contributed by atoms with Gasteiger partial charge in [-0.05, 0) is 39.2 Å². The SMILES string of the molecule is CCCNC(C)CCCc1nccn1CCC. The van der Waals surface area contributed by atoms with Gasteiger partial charge in [0.05, 0.1) is 0 Å². The summed E-state index contributed by atoms with van der Waals surface area (Å²) in [6.07, 6.45) is 9.97. The van der Waals surface area contributed by atoms with Crippen LogP contribution in [0.4, 0.5) is 0 Å². The molecule has 1 heterocycles. The molecule has 0 aliphatic heterocycles. The molecule has 1 unspecified atom stereocenters. The molecule has 0 saturated carbocycles. The first-order chi connectivity index (χ1) is 8.27. The number of hydrogen-bond acceptors (Lipinski definition) is 2. The zero-order chi connectivity index (χ0) is 12.5. The normalized spacial score (nSPS) is 12.9. The van der Waals surface area contributed by atoms with Crippen LogP contribution in [0.1, 0.15) is 52.3 Å². The van der Waals surface area contributed by atoms with Crippen molar-refractivity contribution in [1.82, 2.24) is 14.9 Å². The molecule has 1 atom stereocenters. The molecule has 0 radical (unpaired) electrons. The number of aryl methyl sites for hydroxylation is 2. The fraction of sp³-hybridized carbons (Fsp3) is 0.786. The molecule has 1 aromatic rings. The Bertz CT molecular complexity index is 293. The van der Waals surface area contributed by atoms with Crippen LogP contribution in [0, 0.1) is 0 Å². The number of rotatable bonds is 9.